The molecule has 4 rings (SSSR count). The highest BCUT2D eigenvalue weighted by atomic mass is 35.5. The van der Waals surface area contributed by atoms with Crippen molar-refractivity contribution in [3.05, 3.63) is 52.8 Å². The molecule has 0 saturated heterocycles. The van der Waals surface area contributed by atoms with Crippen molar-refractivity contribution in [2.45, 2.75) is 30.3 Å². The van der Waals surface area contributed by atoms with Gasteiger partial charge >= 0.3 is 0 Å². The number of ether oxygens (including phenoxy) is 2. The Labute approximate surface area is 166 Å². The lowest BCUT2D eigenvalue weighted by molar-refractivity contribution is -0.129. The van der Waals surface area contributed by atoms with E-state index in [0.717, 1.165) is 23.5 Å². The quantitative estimate of drug-likeness (QED) is 0.659. The molecular weight excluding hydrogens is 389 g/mol. The van der Waals surface area contributed by atoms with E-state index >= 15 is 0 Å². The van der Waals surface area contributed by atoms with Gasteiger partial charge in [-0.1, -0.05) is 17.7 Å². The number of nitrogens with zero attached hydrogens (tertiary/aromatic N) is 1. The van der Waals surface area contributed by atoms with Crippen molar-refractivity contribution in [3.63, 3.8) is 0 Å². The van der Waals surface area contributed by atoms with Crippen LogP contribution in [0.5, 0.6) is 11.5 Å². The molecule has 1 aliphatic heterocycles. The Kier molecular flexibility index (Phi) is 5.45. The Morgan fingerprint density at radius 2 is 1.96 bits per heavy atom. The van der Waals surface area contributed by atoms with E-state index in [0.29, 0.717) is 29.5 Å². The average molecular weight is 408 g/mol. The molecule has 2 aromatic carbocycles. The number of carbonyl (C=O) groups is 1. The third kappa shape index (κ3) is 4.33. The van der Waals surface area contributed by atoms with E-state index in [-0.39, 0.29) is 30.1 Å². The highest BCUT2D eigenvalue weighted by Crippen LogP contribution is 2.35. The number of benzene rings is 2. The van der Waals surface area contributed by atoms with Crippen molar-refractivity contribution in [1.29, 1.82) is 0 Å². The highest BCUT2D eigenvalue weighted by Gasteiger charge is 2.33. The number of carbonyl (C=O) groups excluding carboxylic acids is 1. The maximum absolute atomic E-state index is 14.1. The van der Waals surface area contributed by atoms with Gasteiger partial charge in [0.05, 0.1) is 12.3 Å². The van der Waals surface area contributed by atoms with E-state index in [1.165, 1.54) is 17.8 Å². The number of hydrogen-bond donors (Lipinski definition) is 0. The first-order valence-electron chi connectivity index (χ1n) is 8.86. The predicted molar refractivity (Wildman–Crippen MR) is 103 cm³/mol. The Morgan fingerprint density at radius 1 is 1.19 bits per heavy atom. The molecule has 4 nitrogen and oxygen atoms in total. The second kappa shape index (κ2) is 7.98. The van der Waals surface area contributed by atoms with Crippen LogP contribution in [0.15, 0.2) is 41.3 Å². The van der Waals surface area contributed by atoms with E-state index in [1.54, 1.807) is 17.0 Å². The fraction of sp³-hybridized carbons (Fsp3) is 0.350. The predicted octanol–water partition coefficient (Wildman–Crippen LogP) is 4.53. The lowest BCUT2D eigenvalue weighted by Gasteiger charge is -2.23. The first-order chi connectivity index (χ1) is 13.1. The number of rotatable bonds is 6. The summed E-state index contributed by atoms with van der Waals surface area (Å²) in [5, 5.41) is 0.355. The Morgan fingerprint density at radius 3 is 2.70 bits per heavy atom. The molecule has 142 valence electrons. The topological polar surface area (TPSA) is 38.8 Å². The Hall–Kier alpha value is -1.92. The molecule has 0 spiro atoms. The van der Waals surface area contributed by atoms with Crippen LogP contribution in [0.2, 0.25) is 5.02 Å². The molecule has 1 fully saturated rings. The van der Waals surface area contributed by atoms with Crippen LogP contribution in [0.4, 0.5) is 4.39 Å². The van der Waals surface area contributed by atoms with E-state index < -0.39 is 0 Å². The zero-order chi connectivity index (χ0) is 18.8. The second-order valence-electron chi connectivity index (χ2n) is 6.55. The SMILES string of the molecule is O=C(CSc1ccc2c(c1)OCCO2)N(Cc1c(F)cccc1Cl)C1CC1. The maximum Gasteiger partial charge on any atom is 0.233 e. The smallest absolute Gasteiger partial charge is 0.233 e. The summed E-state index contributed by atoms with van der Waals surface area (Å²) in [6.45, 7) is 1.28. The molecule has 1 amide bonds. The largest absolute Gasteiger partial charge is 0.486 e. The number of halogens is 2. The van der Waals surface area contributed by atoms with Crippen LogP contribution in [0.25, 0.3) is 0 Å². The molecule has 0 aromatic heterocycles. The fourth-order valence-corrected chi connectivity index (χ4v) is 4.04. The molecule has 2 aromatic rings. The molecular formula is C20H19ClFNO3S. The molecule has 1 aliphatic carbocycles. The van der Waals surface area contributed by atoms with Gasteiger partial charge in [0.25, 0.3) is 0 Å². The summed E-state index contributed by atoms with van der Waals surface area (Å²) in [5.74, 6) is 1.32. The third-order valence-electron chi connectivity index (χ3n) is 4.57. The summed E-state index contributed by atoms with van der Waals surface area (Å²) in [5.41, 5.74) is 0.378. The van der Waals surface area contributed by atoms with Gasteiger partial charge in [-0.3, -0.25) is 4.79 Å². The molecule has 27 heavy (non-hydrogen) atoms. The lowest BCUT2D eigenvalue weighted by atomic mass is 10.2. The standard InChI is InChI=1S/C20H19ClFNO3S/c21-16-2-1-3-17(22)15(16)11-23(13-4-5-13)20(24)12-27-14-6-7-18-19(10-14)26-9-8-25-18/h1-3,6-7,10,13H,4-5,8-9,11-12H2. The van der Waals surface area contributed by atoms with Crippen molar-refractivity contribution in [2.24, 2.45) is 0 Å². The minimum absolute atomic E-state index is 0.0169. The molecule has 0 unspecified atom stereocenters. The third-order valence-corrected chi connectivity index (χ3v) is 5.91. The van der Waals surface area contributed by atoms with E-state index in [1.807, 2.05) is 18.2 Å². The number of hydrogen-bond acceptors (Lipinski definition) is 4. The molecule has 1 heterocycles. The summed E-state index contributed by atoms with van der Waals surface area (Å²) in [6.07, 6.45) is 1.90. The van der Waals surface area contributed by atoms with Crippen LogP contribution in [0.3, 0.4) is 0 Å². The Balaban J connectivity index is 1.42. The van der Waals surface area contributed by atoms with Gasteiger partial charge in [-0.25, -0.2) is 4.39 Å². The number of fused-ring (bicyclic) bond motifs is 1. The van der Waals surface area contributed by atoms with Gasteiger partial charge in [-0.05, 0) is 43.2 Å². The first kappa shape index (κ1) is 18.4. The summed E-state index contributed by atoms with van der Waals surface area (Å²) < 4.78 is 25.2. The number of amides is 1. The lowest BCUT2D eigenvalue weighted by Crippen LogP contribution is -2.34. The highest BCUT2D eigenvalue weighted by molar-refractivity contribution is 8.00. The van der Waals surface area contributed by atoms with Gasteiger partial charge < -0.3 is 14.4 Å². The van der Waals surface area contributed by atoms with Crippen LogP contribution in [-0.4, -0.2) is 35.8 Å². The maximum atomic E-state index is 14.1. The Bertz CT molecular complexity index is 839. The van der Waals surface area contributed by atoms with Crippen molar-refractivity contribution in [3.8, 4) is 11.5 Å². The monoisotopic (exact) mass is 407 g/mol. The molecule has 1 saturated carbocycles. The molecule has 7 heteroatoms. The molecule has 0 N–H and O–H groups in total. The van der Waals surface area contributed by atoms with Crippen LogP contribution >= 0.6 is 23.4 Å². The second-order valence-corrected chi connectivity index (χ2v) is 8.00. The van der Waals surface area contributed by atoms with Gasteiger partial charge in [0, 0.05) is 21.5 Å². The van der Waals surface area contributed by atoms with Gasteiger partial charge in [0.1, 0.15) is 19.0 Å². The average Bonchev–Trinajstić information content (AvgIpc) is 3.51. The zero-order valence-corrected chi connectivity index (χ0v) is 16.2. The molecule has 0 atom stereocenters. The zero-order valence-electron chi connectivity index (χ0n) is 14.6. The van der Waals surface area contributed by atoms with E-state index in [2.05, 4.69) is 0 Å². The van der Waals surface area contributed by atoms with Crippen LogP contribution in [0.1, 0.15) is 18.4 Å². The summed E-state index contributed by atoms with van der Waals surface area (Å²) in [6, 6.07) is 10.4. The van der Waals surface area contributed by atoms with Crippen molar-refractivity contribution >= 4 is 29.3 Å². The van der Waals surface area contributed by atoms with Crippen LogP contribution in [-0.2, 0) is 11.3 Å². The van der Waals surface area contributed by atoms with Crippen molar-refractivity contribution in [1.82, 2.24) is 4.90 Å². The van der Waals surface area contributed by atoms with Crippen LogP contribution in [0, 0.1) is 5.82 Å². The first-order valence-corrected chi connectivity index (χ1v) is 10.2. The molecule has 0 bridgehead atoms. The van der Waals surface area contributed by atoms with Crippen LogP contribution < -0.4 is 9.47 Å². The van der Waals surface area contributed by atoms with E-state index in [9.17, 15) is 9.18 Å². The van der Waals surface area contributed by atoms with Gasteiger partial charge in [-0.2, -0.15) is 0 Å². The fourth-order valence-electron chi connectivity index (χ4n) is 3.00. The summed E-state index contributed by atoms with van der Waals surface area (Å²) >= 11 is 7.58. The van der Waals surface area contributed by atoms with Gasteiger partial charge in [0.15, 0.2) is 11.5 Å². The van der Waals surface area contributed by atoms with Gasteiger partial charge in [-0.15, -0.1) is 11.8 Å². The molecule has 2 aliphatic rings. The summed E-state index contributed by atoms with van der Waals surface area (Å²) in [4.78, 5) is 15.5. The van der Waals surface area contributed by atoms with Gasteiger partial charge in [0.2, 0.25) is 5.91 Å². The minimum atomic E-state index is -0.375. The van der Waals surface area contributed by atoms with E-state index in [4.69, 9.17) is 21.1 Å². The van der Waals surface area contributed by atoms with Crippen molar-refractivity contribution in [2.75, 3.05) is 19.0 Å². The van der Waals surface area contributed by atoms with Crippen molar-refractivity contribution < 1.29 is 18.7 Å². The summed E-state index contributed by atoms with van der Waals surface area (Å²) in [7, 11) is 0. The normalized spacial score (nSPS) is 15.5. The minimum Gasteiger partial charge on any atom is -0.486 e. The number of thioether (sulfide) groups is 1. The molecule has 0 radical (unpaired) electrons.